The number of nitro groups is 2. The summed E-state index contributed by atoms with van der Waals surface area (Å²) < 4.78 is 12.7. The molecule has 0 amide bonds. The van der Waals surface area contributed by atoms with Crippen LogP contribution in [0.15, 0.2) is 35.7 Å². The molecule has 1 aromatic heterocycles. The number of nitrogens with zero attached hydrogens (tertiary/aromatic N) is 6. The molecule has 0 saturated carbocycles. The second kappa shape index (κ2) is 6.69. The normalized spacial score (nSPS) is 25.5. The highest BCUT2D eigenvalue weighted by Gasteiger charge is 2.44. The van der Waals surface area contributed by atoms with Crippen molar-refractivity contribution in [1.82, 2.24) is 14.8 Å². The molecule has 2 saturated heterocycles. The summed E-state index contributed by atoms with van der Waals surface area (Å²) in [5.41, 5.74) is 3.89. The van der Waals surface area contributed by atoms with Gasteiger partial charge in [0, 0.05) is 23.7 Å². The molecule has 0 aliphatic carbocycles. The Hall–Kier alpha value is -3.45. The number of hydrogen-bond donors (Lipinski definition) is 1. The molecule has 3 atom stereocenters. The van der Waals surface area contributed by atoms with Gasteiger partial charge in [-0.25, -0.2) is 0 Å². The standard InChI is InChI=1S/C14H13N7O6/c22-20(23)9-3-1-8(2-4-9)16-17-10-5-11(12-6-26-13(10)27-12)19-7-15-14(18-19)21(24)25/h1-4,7,11-13,16H,5-6H2/b17-10+/t11-,12+,13+/m0/s1. The van der Waals surface area contributed by atoms with Gasteiger partial charge in [-0.2, -0.15) is 9.78 Å². The molecule has 0 unspecified atom stereocenters. The lowest BCUT2D eigenvalue weighted by Gasteiger charge is -2.26. The van der Waals surface area contributed by atoms with E-state index in [1.54, 1.807) is 0 Å². The van der Waals surface area contributed by atoms with Crippen molar-refractivity contribution in [3.8, 4) is 0 Å². The average Bonchev–Trinajstić information content (AvgIpc) is 3.30. The fourth-order valence-corrected chi connectivity index (χ4v) is 2.90. The largest absolute Gasteiger partial charge is 0.490 e. The van der Waals surface area contributed by atoms with Gasteiger partial charge in [-0.1, -0.05) is 4.98 Å². The lowest BCUT2D eigenvalue weighted by atomic mass is 10.0. The predicted molar refractivity (Wildman–Crippen MR) is 89.1 cm³/mol. The summed E-state index contributed by atoms with van der Waals surface area (Å²) in [5.74, 6) is -0.487. The van der Waals surface area contributed by atoms with Crippen LogP contribution in [0.25, 0.3) is 0 Å². The zero-order chi connectivity index (χ0) is 19.0. The Morgan fingerprint density at radius 2 is 2.00 bits per heavy atom. The van der Waals surface area contributed by atoms with Crippen LogP contribution < -0.4 is 5.43 Å². The third-order valence-electron chi connectivity index (χ3n) is 4.24. The Balaban J connectivity index is 1.51. The number of non-ortho nitro benzene ring substituents is 1. The minimum atomic E-state index is -0.667. The molecule has 2 bridgehead atoms. The molecule has 13 nitrogen and oxygen atoms in total. The molecule has 13 heteroatoms. The number of hydrazone groups is 1. The summed E-state index contributed by atoms with van der Waals surface area (Å²) in [6, 6.07) is 5.44. The third kappa shape index (κ3) is 3.32. The van der Waals surface area contributed by atoms with Crippen LogP contribution in [0.1, 0.15) is 12.5 Å². The molecule has 140 valence electrons. The molecule has 2 aliphatic rings. The number of nitro benzene ring substituents is 1. The van der Waals surface area contributed by atoms with Gasteiger partial charge >= 0.3 is 5.95 Å². The summed E-state index contributed by atoms with van der Waals surface area (Å²) in [7, 11) is 0. The quantitative estimate of drug-likeness (QED) is 0.599. The minimum absolute atomic E-state index is 0.0241. The number of aromatic nitrogens is 3. The van der Waals surface area contributed by atoms with Gasteiger partial charge in [-0.05, 0) is 17.1 Å². The third-order valence-corrected chi connectivity index (χ3v) is 4.24. The van der Waals surface area contributed by atoms with Crippen LogP contribution in [0.5, 0.6) is 0 Å². The van der Waals surface area contributed by atoms with Gasteiger partial charge in [0.25, 0.3) is 5.69 Å². The van der Waals surface area contributed by atoms with E-state index >= 15 is 0 Å². The highest BCUT2D eigenvalue weighted by molar-refractivity contribution is 5.89. The number of anilines is 1. The molecular formula is C14H13N7O6. The Morgan fingerprint density at radius 3 is 2.67 bits per heavy atom. The zero-order valence-electron chi connectivity index (χ0n) is 13.7. The van der Waals surface area contributed by atoms with Crippen molar-refractivity contribution in [3.05, 3.63) is 50.8 Å². The fourth-order valence-electron chi connectivity index (χ4n) is 2.90. The molecule has 2 aliphatic heterocycles. The Morgan fingerprint density at radius 1 is 1.22 bits per heavy atom. The molecule has 3 heterocycles. The van der Waals surface area contributed by atoms with Gasteiger partial charge < -0.3 is 19.6 Å². The Labute approximate surface area is 150 Å². The van der Waals surface area contributed by atoms with Gasteiger partial charge in [0.2, 0.25) is 6.33 Å². The van der Waals surface area contributed by atoms with E-state index in [1.807, 2.05) is 0 Å². The number of fused-ring (bicyclic) bond motifs is 2. The highest BCUT2D eigenvalue weighted by Crippen LogP contribution is 2.33. The summed E-state index contributed by atoms with van der Waals surface area (Å²) >= 11 is 0. The minimum Gasteiger partial charge on any atom is -0.390 e. The van der Waals surface area contributed by atoms with Gasteiger partial charge in [0.05, 0.1) is 22.9 Å². The van der Waals surface area contributed by atoms with Crippen molar-refractivity contribution in [3.63, 3.8) is 0 Å². The fraction of sp³-hybridized carbons (Fsp3) is 0.357. The number of nitrogens with one attached hydrogen (secondary N) is 1. The number of ether oxygens (including phenoxy) is 2. The van der Waals surface area contributed by atoms with E-state index in [0.717, 1.165) is 0 Å². The van der Waals surface area contributed by atoms with E-state index in [2.05, 4.69) is 20.6 Å². The molecule has 0 spiro atoms. The first-order valence-electron chi connectivity index (χ1n) is 7.91. The summed E-state index contributed by atoms with van der Waals surface area (Å²) in [4.78, 5) is 24.0. The smallest absolute Gasteiger partial charge is 0.390 e. The van der Waals surface area contributed by atoms with Crippen molar-refractivity contribution in [2.45, 2.75) is 24.9 Å². The molecule has 1 N–H and O–H groups in total. The van der Waals surface area contributed by atoms with Crippen molar-refractivity contribution in [2.75, 3.05) is 12.0 Å². The maximum atomic E-state index is 10.8. The van der Waals surface area contributed by atoms with Gasteiger partial charge in [0.15, 0.2) is 6.29 Å². The van der Waals surface area contributed by atoms with Crippen molar-refractivity contribution < 1.29 is 19.3 Å². The van der Waals surface area contributed by atoms with E-state index in [-0.39, 0.29) is 17.8 Å². The Bertz CT molecular complexity index is 911. The molecular weight excluding hydrogens is 362 g/mol. The summed E-state index contributed by atoms with van der Waals surface area (Å²) in [5, 5.41) is 29.6. The Kier molecular flexibility index (Phi) is 4.21. The number of rotatable bonds is 5. The van der Waals surface area contributed by atoms with Crippen molar-refractivity contribution in [1.29, 1.82) is 0 Å². The highest BCUT2D eigenvalue weighted by atomic mass is 16.7. The monoisotopic (exact) mass is 375 g/mol. The number of hydrogen-bond acceptors (Lipinski definition) is 10. The van der Waals surface area contributed by atoms with E-state index in [9.17, 15) is 20.2 Å². The molecule has 2 fully saturated rings. The average molecular weight is 375 g/mol. The molecule has 1 aromatic carbocycles. The lowest BCUT2D eigenvalue weighted by Crippen LogP contribution is -2.37. The van der Waals surface area contributed by atoms with Crippen LogP contribution >= 0.6 is 0 Å². The van der Waals surface area contributed by atoms with Crippen LogP contribution in [0.3, 0.4) is 0 Å². The maximum Gasteiger partial charge on any atom is 0.490 e. The topological polar surface area (TPSA) is 160 Å². The molecule has 27 heavy (non-hydrogen) atoms. The summed E-state index contributed by atoms with van der Waals surface area (Å²) in [6.07, 6.45) is 0.757. The molecule has 4 rings (SSSR count). The molecule has 2 aromatic rings. The van der Waals surface area contributed by atoms with E-state index in [4.69, 9.17) is 9.47 Å². The first-order valence-corrected chi connectivity index (χ1v) is 7.91. The van der Waals surface area contributed by atoms with Crippen molar-refractivity contribution in [2.24, 2.45) is 5.10 Å². The predicted octanol–water partition coefficient (Wildman–Crippen LogP) is 1.25. The van der Waals surface area contributed by atoms with E-state index in [0.29, 0.717) is 24.4 Å². The maximum absolute atomic E-state index is 10.8. The van der Waals surface area contributed by atoms with Gasteiger partial charge in [-0.15, -0.1) is 0 Å². The second-order valence-corrected chi connectivity index (χ2v) is 5.91. The zero-order valence-corrected chi connectivity index (χ0v) is 13.7. The first kappa shape index (κ1) is 17.0. The van der Waals surface area contributed by atoms with Crippen LogP contribution in [0.2, 0.25) is 0 Å². The van der Waals surface area contributed by atoms with Crippen LogP contribution in [-0.4, -0.2) is 49.3 Å². The van der Waals surface area contributed by atoms with E-state index in [1.165, 1.54) is 35.3 Å². The van der Waals surface area contributed by atoms with Crippen LogP contribution in [-0.2, 0) is 9.47 Å². The van der Waals surface area contributed by atoms with Gasteiger partial charge in [-0.3, -0.25) is 15.5 Å². The number of benzene rings is 1. The van der Waals surface area contributed by atoms with Crippen LogP contribution in [0, 0.1) is 20.2 Å². The summed E-state index contributed by atoms with van der Waals surface area (Å²) in [6.45, 7) is 0.305. The second-order valence-electron chi connectivity index (χ2n) is 5.91. The SMILES string of the molecule is O=[N+]([O-])c1ccc(N/N=C2\C[C@H](n3cnc([N+](=O)[O-])n3)[C@H]3CO[C@@H]2O3)cc1. The van der Waals surface area contributed by atoms with Crippen LogP contribution in [0.4, 0.5) is 17.3 Å². The van der Waals surface area contributed by atoms with Gasteiger partial charge in [0.1, 0.15) is 12.1 Å². The lowest BCUT2D eigenvalue weighted by molar-refractivity contribution is -0.394. The van der Waals surface area contributed by atoms with Crippen molar-refractivity contribution >= 4 is 23.0 Å². The first-order chi connectivity index (χ1) is 13.0. The van der Waals surface area contributed by atoms with E-state index < -0.39 is 22.1 Å². The molecule has 0 radical (unpaired) electrons.